The number of rotatable bonds is 8. The number of aryl methyl sites for hydroxylation is 1. The molecule has 1 aromatic rings. The summed E-state index contributed by atoms with van der Waals surface area (Å²) >= 11 is 0. The number of hydrogen-bond acceptors (Lipinski definition) is 6. The SMILES string of the molecule is CCCCOC(C)C(=O)N1CCN(CC(=O)Nc2cc(C)on2)CC1. The largest absolute Gasteiger partial charge is 0.369 e. The van der Waals surface area contributed by atoms with Crippen LogP contribution in [0.4, 0.5) is 5.82 Å². The minimum atomic E-state index is -0.406. The molecule has 2 heterocycles. The van der Waals surface area contributed by atoms with Crippen molar-refractivity contribution in [3.63, 3.8) is 0 Å². The lowest BCUT2D eigenvalue weighted by Gasteiger charge is -2.35. The van der Waals surface area contributed by atoms with E-state index in [1.54, 1.807) is 19.9 Å². The molecule has 0 bridgehead atoms. The number of hydrogen-bond donors (Lipinski definition) is 1. The summed E-state index contributed by atoms with van der Waals surface area (Å²) in [5.74, 6) is 0.967. The Hall–Kier alpha value is -1.93. The predicted octanol–water partition coefficient (Wildman–Crippen LogP) is 1.27. The average molecular weight is 352 g/mol. The normalized spacial score (nSPS) is 16.7. The molecule has 8 heteroatoms. The number of carbonyl (C=O) groups is 2. The number of ether oxygens (including phenoxy) is 1. The maximum absolute atomic E-state index is 12.3. The van der Waals surface area contributed by atoms with Crippen LogP contribution in [0.5, 0.6) is 0 Å². The summed E-state index contributed by atoms with van der Waals surface area (Å²) in [4.78, 5) is 28.2. The van der Waals surface area contributed by atoms with E-state index in [9.17, 15) is 9.59 Å². The Bertz CT molecular complexity index is 567. The fraction of sp³-hybridized carbons (Fsp3) is 0.706. The van der Waals surface area contributed by atoms with E-state index in [2.05, 4.69) is 17.4 Å². The van der Waals surface area contributed by atoms with E-state index in [0.717, 1.165) is 12.8 Å². The molecule has 2 rings (SSSR count). The Morgan fingerprint density at radius 3 is 2.68 bits per heavy atom. The maximum atomic E-state index is 12.3. The topological polar surface area (TPSA) is 87.9 Å². The Labute approximate surface area is 148 Å². The van der Waals surface area contributed by atoms with Gasteiger partial charge in [-0.25, -0.2) is 0 Å². The second-order valence-corrected chi connectivity index (χ2v) is 6.34. The lowest BCUT2D eigenvalue weighted by molar-refractivity contribution is -0.144. The van der Waals surface area contributed by atoms with E-state index in [1.807, 2.05) is 9.80 Å². The molecule has 1 aliphatic heterocycles. The molecule has 0 aromatic carbocycles. The van der Waals surface area contributed by atoms with Crippen LogP contribution in [0.2, 0.25) is 0 Å². The summed E-state index contributed by atoms with van der Waals surface area (Å²) in [6, 6.07) is 1.68. The number of nitrogens with one attached hydrogen (secondary N) is 1. The van der Waals surface area contributed by atoms with Crippen molar-refractivity contribution in [3.8, 4) is 0 Å². The minimum Gasteiger partial charge on any atom is -0.369 e. The van der Waals surface area contributed by atoms with Crippen molar-refractivity contribution in [1.29, 1.82) is 0 Å². The van der Waals surface area contributed by atoms with Crippen molar-refractivity contribution in [2.24, 2.45) is 0 Å². The molecule has 8 nitrogen and oxygen atoms in total. The standard InChI is InChI=1S/C17H28N4O4/c1-4-5-10-24-14(3)17(23)21-8-6-20(7-9-21)12-16(22)18-15-11-13(2)25-19-15/h11,14H,4-10,12H2,1-3H3,(H,18,19,22). The lowest BCUT2D eigenvalue weighted by atomic mass is 10.2. The Kier molecular flexibility index (Phi) is 7.39. The van der Waals surface area contributed by atoms with Gasteiger partial charge in [-0.2, -0.15) is 0 Å². The fourth-order valence-electron chi connectivity index (χ4n) is 2.67. The second kappa shape index (κ2) is 9.53. The van der Waals surface area contributed by atoms with Crippen LogP contribution in [0.1, 0.15) is 32.4 Å². The van der Waals surface area contributed by atoms with Crippen LogP contribution in [0, 0.1) is 6.92 Å². The zero-order chi connectivity index (χ0) is 18.2. The molecule has 1 N–H and O–H groups in total. The average Bonchev–Trinajstić information content (AvgIpc) is 2.99. The number of amides is 2. The first kappa shape index (κ1) is 19.4. The monoisotopic (exact) mass is 352 g/mol. The molecule has 1 atom stereocenters. The molecule has 0 saturated carbocycles. The highest BCUT2D eigenvalue weighted by molar-refractivity contribution is 5.91. The third kappa shape index (κ3) is 6.13. The molecule has 0 spiro atoms. The first-order chi connectivity index (χ1) is 12.0. The molecule has 25 heavy (non-hydrogen) atoms. The predicted molar refractivity (Wildman–Crippen MR) is 93.2 cm³/mol. The molecule has 0 radical (unpaired) electrons. The molecule has 1 saturated heterocycles. The summed E-state index contributed by atoms with van der Waals surface area (Å²) in [5.41, 5.74) is 0. The highest BCUT2D eigenvalue weighted by Crippen LogP contribution is 2.09. The van der Waals surface area contributed by atoms with E-state index >= 15 is 0 Å². The Morgan fingerprint density at radius 1 is 1.36 bits per heavy atom. The van der Waals surface area contributed by atoms with E-state index < -0.39 is 6.10 Å². The fourth-order valence-corrected chi connectivity index (χ4v) is 2.67. The molecular formula is C17H28N4O4. The van der Waals surface area contributed by atoms with Gasteiger partial charge in [0.15, 0.2) is 5.82 Å². The van der Waals surface area contributed by atoms with Gasteiger partial charge in [0.1, 0.15) is 11.9 Å². The van der Waals surface area contributed by atoms with Gasteiger partial charge in [-0.15, -0.1) is 0 Å². The van der Waals surface area contributed by atoms with Crippen LogP contribution in [-0.4, -0.2) is 72.2 Å². The number of nitrogens with zero attached hydrogens (tertiary/aromatic N) is 3. The molecule has 1 aromatic heterocycles. The Balaban J connectivity index is 1.70. The number of anilines is 1. The summed E-state index contributed by atoms with van der Waals surface area (Å²) in [6.45, 7) is 9.10. The molecule has 140 valence electrons. The quantitative estimate of drug-likeness (QED) is 0.709. The van der Waals surface area contributed by atoms with Gasteiger partial charge in [-0.05, 0) is 20.3 Å². The van der Waals surface area contributed by atoms with E-state index in [-0.39, 0.29) is 18.4 Å². The summed E-state index contributed by atoms with van der Waals surface area (Å²) in [5, 5.41) is 6.45. The number of carbonyl (C=O) groups excluding carboxylic acids is 2. The Morgan fingerprint density at radius 2 is 2.08 bits per heavy atom. The third-order valence-corrected chi connectivity index (χ3v) is 4.16. The van der Waals surface area contributed by atoms with Crippen LogP contribution < -0.4 is 5.32 Å². The van der Waals surface area contributed by atoms with E-state index in [0.29, 0.717) is 44.4 Å². The lowest BCUT2D eigenvalue weighted by Crippen LogP contribution is -2.52. The van der Waals surface area contributed by atoms with Crippen molar-refractivity contribution >= 4 is 17.6 Å². The smallest absolute Gasteiger partial charge is 0.251 e. The first-order valence-electron chi connectivity index (χ1n) is 8.85. The molecule has 1 aliphatic rings. The molecule has 2 amide bonds. The molecular weight excluding hydrogens is 324 g/mol. The van der Waals surface area contributed by atoms with Crippen molar-refractivity contribution in [1.82, 2.24) is 15.0 Å². The van der Waals surface area contributed by atoms with Crippen LogP contribution in [0.3, 0.4) is 0 Å². The maximum Gasteiger partial charge on any atom is 0.251 e. The van der Waals surface area contributed by atoms with Crippen LogP contribution in [0.15, 0.2) is 10.6 Å². The van der Waals surface area contributed by atoms with Gasteiger partial charge in [-0.3, -0.25) is 14.5 Å². The molecule has 0 aliphatic carbocycles. The zero-order valence-electron chi connectivity index (χ0n) is 15.3. The number of aromatic nitrogens is 1. The van der Waals surface area contributed by atoms with Gasteiger partial charge in [0, 0.05) is 38.9 Å². The van der Waals surface area contributed by atoms with Gasteiger partial charge in [0.2, 0.25) is 5.91 Å². The third-order valence-electron chi connectivity index (χ3n) is 4.16. The minimum absolute atomic E-state index is 0.0262. The highest BCUT2D eigenvalue weighted by Gasteiger charge is 2.26. The van der Waals surface area contributed by atoms with Crippen molar-refractivity contribution < 1.29 is 18.8 Å². The van der Waals surface area contributed by atoms with Crippen molar-refractivity contribution in [3.05, 3.63) is 11.8 Å². The van der Waals surface area contributed by atoms with Gasteiger partial charge in [0.25, 0.3) is 5.91 Å². The molecule has 1 fully saturated rings. The van der Waals surface area contributed by atoms with Gasteiger partial charge >= 0.3 is 0 Å². The van der Waals surface area contributed by atoms with Crippen molar-refractivity contribution in [2.75, 3.05) is 44.6 Å². The summed E-state index contributed by atoms with van der Waals surface area (Å²) in [6.07, 6.45) is 1.61. The zero-order valence-corrected chi connectivity index (χ0v) is 15.3. The second-order valence-electron chi connectivity index (χ2n) is 6.34. The van der Waals surface area contributed by atoms with Gasteiger partial charge in [-0.1, -0.05) is 18.5 Å². The van der Waals surface area contributed by atoms with Crippen LogP contribution in [-0.2, 0) is 14.3 Å². The molecule has 1 unspecified atom stereocenters. The van der Waals surface area contributed by atoms with Crippen LogP contribution in [0.25, 0.3) is 0 Å². The first-order valence-corrected chi connectivity index (χ1v) is 8.85. The summed E-state index contributed by atoms with van der Waals surface area (Å²) < 4.78 is 10.5. The summed E-state index contributed by atoms with van der Waals surface area (Å²) in [7, 11) is 0. The van der Waals surface area contributed by atoms with Crippen LogP contribution >= 0.6 is 0 Å². The number of unbranched alkanes of at least 4 members (excludes halogenated alkanes) is 1. The van der Waals surface area contributed by atoms with E-state index in [4.69, 9.17) is 9.26 Å². The van der Waals surface area contributed by atoms with Gasteiger partial charge < -0.3 is 19.5 Å². The van der Waals surface area contributed by atoms with Gasteiger partial charge in [0.05, 0.1) is 6.54 Å². The van der Waals surface area contributed by atoms with E-state index in [1.165, 1.54) is 0 Å². The highest BCUT2D eigenvalue weighted by atomic mass is 16.5. The van der Waals surface area contributed by atoms with Crippen molar-refractivity contribution in [2.45, 2.75) is 39.7 Å². The number of piperazine rings is 1.